The molecule has 2 N–H and O–H groups in total. The van der Waals surface area contributed by atoms with E-state index in [1.54, 1.807) is 45.3 Å². The third-order valence-corrected chi connectivity index (χ3v) is 3.30. The third kappa shape index (κ3) is 4.65. The predicted octanol–water partition coefficient (Wildman–Crippen LogP) is 2.50. The number of rotatable bonds is 5. The number of hydrogen-bond donors (Lipinski definition) is 2. The van der Waals surface area contributed by atoms with Crippen molar-refractivity contribution in [1.29, 1.82) is 0 Å². The molecule has 6 nitrogen and oxygen atoms in total. The fraction of sp³-hybridized carbons (Fsp3) is 0.353. The molecular formula is C17H21FN4O2. The summed E-state index contributed by atoms with van der Waals surface area (Å²) < 4.78 is 15.0. The first kappa shape index (κ1) is 17.7. The molecule has 7 heteroatoms. The maximum atomic E-state index is 13.5. The molecule has 0 aliphatic rings. The number of benzene rings is 1. The van der Waals surface area contributed by atoms with Gasteiger partial charge in [-0.1, -0.05) is 20.8 Å². The summed E-state index contributed by atoms with van der Waals surface area (Å²) in [6.07, 6.45) is 3.39. The zero-order valence-corrected chi connectivity index (χ0v) is 14.0. The fourth-order valence-corrected chi connectivity index (χ4v) is 1.99. The third-order valence-electron chi connectivity index (χ3n) is 3.30. The summed E-state index contributed by atoms with van der Waals surface area (Å²) in [5.74, 6) is -0.899. The van der Waals surface area contributed by atoms with Crippen LogP contribution in [0, 0.1) is 11.2 Å². The molecule has 1 aromatic heterocycles. The maximum absolute atomic E-state index is 13.5. The van der Waals surface area contributed by atoms with Crippen LogP contribution in [-0.2, 0) is 9.59 Å². The van der Waals surface area contributed by atoms with Gasteiger partial charge in [0.2, 0.25) is 11.8 Å². The Kier molecular flexibility index (Phi) is 5.33. The van der Waals surface area contributed by atoms with Crippen molar-refractivity contribution in [2.45, 2.75) is 27.2 Å². The van der Waals surface area contributed by atoms with Crippen molar-refractivity contribution < 1.29 is 14.0 Å². The molecule has 0 saturated heterocycles. The molecule has 24 heavy (non-hydrogen) atoms. The molecule has 2 amide bonds. The van der Waals surface area contributed by atoms with Gasteiger partial charge in [0.1, 0.15) is 5.82 Å². The Morgan fingerprint density at radius 2 is 2.04 bits per heavy atom. The number of nitrogens with zero attached hydrogens (tertiary/aromatic N) is 2. The quantitative estimate of drug-likeness (QED) is 0.883. The number of aromatic nitrogens is 2. The summed E-state index contributed by atoms with van der Waals surface area (Å²) >= 11 is 0. The van der Waals surface area contributed by atoms with Crippen LogP contribution in [0.25, 0.3) is 5.69 Å². The monoisotopic (exact) mass is 332 g/mol. The standard InChI is InChI=1S/C17H21FN4O2/c1-17(2,3)16(24)19-9-7-15(23)21-13-11-12(18)5-6-14(13)22-10-4-8-20-22/h4-6,8,10-11H,7,9H2,1-3H3,(H,19,24)(H,21,23). The average molecular weight is 332 g/mol. The Labute approximate surface area is 140 Å². The Hall–Kier alpha value is -2.70. The van der Waals surface area contributed by atoms with Gasteiger partial charge in [0.25, 0.3) is 0 Å². The second-order valence-electron chi connectivity index (χ2n) is 6.42. The van der Waals surface area contributed by atoms with E-state index >= 15 is 0 Å². The number of carbonyl (C=O) groups excluding carboxylic acids is 2. The van der Waals surface area contributed by atoms with Gasteiger partial charge in [-0.15, -0.1) is 0 Å². The van der Waals surface area contributed by atoms with Gasteiger partial charge in [-0.3, -0.25) is 9.59 Å². The maximum Gasteiger partial charge on any atom is 0.226 e. The Morgan fingerprint density at radius 1 is 1.29 bits per heavy atom. The lowest BCUT2D eigenvalue weighted by Gasteiger charge is -2.17. The van der Waals surface area contributed by atoms with Crippen LogP contribution in [0.3, 0.4) is 0 Å². The van der Waals surface area contributed by atoms with Crippen LogP contribution < -0.4 is 10.6 Å². The second kappa shape index (κ2) is 7.25. The topological polar surface area (TPSA) is 76.0 Å². The number of amides is 2. The SMILES string of the molecule is CC(C)(C)C(=O)NCCC(=O)Nc1cc(F)ccc1-n1cccn1. The summed E-state index contributed by atoms with van der Waals surface area (Å²) in [6, 6.07) is 5.81. The smallest absolute Gasteiger partial charge is 0.226 e. The zero-order chi connectivity index (χ0) is 17.7. The molecule has 0 atom stereocenters. The minimum atomic E-state index is -0.508. The van der Waals surface area contributed by atoms with E-state index in [-0.39, 0.29) is 24.8 Å². The van der Waals surface area contributed by atoms with E-state index in [4.69, 9.17) is 0 Å². The van der Waals surface area contributed by atoms with E-state index in [1.807, 2.05) is 0 Å². The minimum absolute atomic E-state index is 0.0941. The van der Waals surface area contributed by atoms with E-state index in [0.29, 0.717) is 11.4 Å². The van der Waals surface area contributed by atoms with Gasteiger partial charge >= 0.3 is 0 Å². The summed E-state index contributed by atoms with van der Waals surface area (Å²) in [5.41, 5.74) is 0.381. The molecular weight excluding hydrogens is 311 g/mol. The summed E-state index contributed by atoms with van der Waals surface area (Å²) in [6.45, 7) is 5.61. The van der Waals surface area contributed by atoms with Crippen LogP contribution in [0.15, 0.2) is 36.7 Å². The molecule has 1 aromatic carbocycles. The molecule has 0 saturated carbocycles. The van der Waals surface area contributed by atoms with Gasteiger partial charge in [0, 0.05) is 30.8 Å². The molecule has 0 spiro atoms. The number of carbonyl (C=O) groups is 2. The van der Waals surface area contributed by atoms with Crippen LogP contribution in [0.4, 0.5) is 10.1 Å². The molecule has 0 aliphatic carbocycles. The van der Waals surface area contributed by atoms with Crippen LogP contribution in [0.2, 0.25) is 0 Å². The van der Waals surface area contributed by atoms with Gasteiger partial charge in [-0.2, -0.15) is 5.10 Å². The normalized spacial score (nSPS) is 11.2. The van der Waals surface area contributed by atoms with Crippen LogP contribution in [-0.4, -0.2) is 28.1 Å². The molecule has 0 bridgehead atoms. The van der Waals surface area contributed by atoms with Crippen molar-refractivity contribution in [1.82, 2.24) is 15.1 Å². The van der Waals surface area contributed by atoms with E-state index < -0.39 is 11.2 Å². The van der Waals surface area contributed by atoms with Crippen molar-refractivity contribution in [3.63, 3.8) is 0 Å². The zero-order valence-electron chi connectivity index (χ0n) is 14.0. The fourth-order valence-electron chi connectivity index (χ4n) is 1.99. The van der Waals surface area contributed by atoms with Gasteiger partial charge in [0.05, 0.1) is 11.4 Å². The van der Waals surface area contributed by atoms with Crippen molar-refractivity contribution in [3.8, 4) is 5.69 Å². The van der Waals surface area contributed by atoms with Crippen LogP contribution >= 0.6 is 0 Å². The minimum Gasteiger partial charge on any atom is -0.355 e. The second-order valence-corrected chi connectivity index (χ2v) is 6.42. The van der Waals surface area contributed by atoms with Crippen LogP contribution in [0.5, 0.6) is 0 Å². The first-order valence-electron chi connectivity index (χ1n) is 7.65. The first-order chi connectivity index (χ1) is 11.3. The number of nitrogens with one attached hydrogen (secondary N) is 2. The highest BCUT2D eigenvalue weighted by Gasteiger charge is 2.20. The lowest BCUT2D eigenvalue weighted by molar-refractivity contribution is -0.128. The highest BCUT2D eigenvalue weighted by atomic mass is 19.1. The molecule has 0 aliphatic heterocycles. The molecule has 128 valence electrons. The van der Waals surface area contributed by atoms with Crippen molar-refractivity contribution in [2.24, 2.45) is 5.41 Å². The Morgan fingerprint density at radius 3 is 2.67 bits per heavy atom. The highest BCUT2D eigenvalue weighted by molar-refractivity contribution is 5.93. The van der Waals surface area contributed by atoms with Crippen molar-refractivity contribution >= 4 is 17.5 Å². The average Bonchev–Trinajstić information content (AvgIpc) is 3.00. The lowest BCUT2D eigenvalue weighted by Crippen LogP contribution is -2.36. The molecule has 2 aromatic rings. The molecule has 0 unspecified atom stereocenters. The van der Waals surface area contributed by atoms with Gasteiger partial charge < -0.3 is 10.6 Å². The predicted molar refractivity (Wildman–Crippen MR) is 89.2 cm³/mol. The van der Waals surface area contributed by atoms with Gasteiger partial charge in [0.15, 0.2) is 0 Å². The van der Waals surface area contributed by atoms with Crippen molar-refractivity contribution in [3.05, 3.63) is 42.5 Å². The lowest BCUT2D eigenvalue weighted by atomic mass is 9.96. The molecule has 1 heterocycles. The summed E-state index contributed by atoms with van der Waals surface area (Å²) in [4.78, 5) is 23.8. The van der Waals surface area contributed by atoms with Gasteiger partial charge in [-0.25, -0.2) is 9.07 Å². The van der Waals surface area contributed by atoms with Crippen LogP contribution in [0.1, 0.15) is 27.2 Å². The highest BCUT2D eigenvalue weighted by Crippen LogP contribution is 2.21. The molecule has 0 fully saturated rings. The molecule has 0 radical (unpaired) electrons. The number of hydrogen-bond acceptors (Lipinski definition) is 3. The Bertz CT molecular complexity index is 721. The number of anilines is 1. The Balaban J connectivity index is 1.99. The van der Waals surface area contributed by atoms with E-state index in [2.05, 4.69) is 15.7 Å². The molecule has 2 rings (SSSR count). The first-order valence-corrected chi connectivity index (χ1v) is 7.65. The summed E-state index contributed by atoms with van der Waals surface area (Å²) in [7, 11) is 0. The van der Waals surface area contributed by atoms with E-state index in [9.17, 15) is 14.0 Å². The van der Waals surface area contributed by atoms with E-state index in [0.717, 1.165) is 0 Å². The van der Waals surface area contributed by atoms with Gasteiger partial charge in [-0.05, 0) is 24.3 Å². The number of halogens is 1. The summed E-state index contributed by atoms with van der Waals surface area (Å²) in [5, 5.41) is 9.44. The van der Waals surface area contributed by atoms with E-state index in [1.165, 1.54) is 16.8 Å². The largest absolute Gasteiger partial charge is 0.355 e. The van der Waals surface area contributed by atoms with Crippen molar-refractivity contribution in [2.75, 3.05) is 11.9 Å².